The Kier molecular flexibility index (Phi) is 4.95. The van der Waals surface area contributed by atoms with E-state index in [1.54, 1.807) is 11.9 Å². The van der Waals surface area contributed by atoms with Gasteiger partial charge in [0, 0.05) is 24.5 Å². The molecule has 0 aliphatic heterocycles. The van der Waals surface area contributed by atoms with Crippen molar-refractivity contribution in [3.05, 3.63) is 70.7 Å². The number of carbonyl (C=O) groups excluding carboxylic acids is 1. The highest BCUT2D eigenvalue weighted by molar-refractivity contribution is 5.96. The number of aliphatic hydroxyl groups is 1. The molecule has 2 aromatic heterocycles. The van der Waals surface area contributed by atoms with E-state index in [1.165, 1.54) is 0 Å². The predicted molar refractivity (Wildman–Crippen MR) is 98.4 cm³/mol. The highest BCUT2D eigenvalue weighted by atomic mass is 16.5. The van der Waals surface area contributed by atoms with Crippen molar-refractivity contribution < 1.29 is 14.4 Å². The van der Waals surface area contributed by atoms with Crippen molar-refractivity contribution in [3.63, 3.8) is 0 Å². The summed E-state index contributed by atoms with van der Waals surface area (Å²) in [6.45, 7) is 5.49. The van der Waals surface area contributed by atoms with E-state index in [9.17, 15) is 9.90 Å². The smallest absolute Gasteiger partial charge is 0.256 e. The first kappa shape index (κ1) is 17.9. The summed E-state index contributed by atoms with van der Waals surface area (Å²) < 4.78 is 7.06. The highest BCUT2D eigenvalue weighted by Crippen LogP contribution is 2.25. The SMILES string of the molecule is Cc1cc(-n2c(C)cc(C(=O)N(C)C(CO)c3ccccc3)c2C)no1. The maximum atomic E-state index is 13.1. The van der Waals surface area contributed by atoms with Crippen LogP contribution in [0.25, 0.3) is 5.82 Å². The summed E-state index contributed by atoms with van der Waals surface area (Å²) in [5, 5.41) is 13.9. The summed E-state index contributed by atoms with van der Waals surface area (Å²) in [7, 11) is 1.71. The van der Waals surface area contributed by atoms with Crippen LogP contribution in [-0.2, 0) is 0 Å². The largest absolute Gasteiger partial charge is 0.394 e. The quantitative estimate of drug-likeness (QED) is 0.765. The second-order valence-corrected chi connectivity index (χ2v) is 6.44. The van der Waals surface area contributed by atoms with E-state index in [1.807, 2.05) is 67.8 Å². The molecule has 2 heterocycles. The van der Waals surface area contributed by atoms with Crippen LogP contribution in [-0.4, -0.2) is 39.3 Å². The van der Waals surface area contributed by atoms with Gasteiger partial charge in [0.2, 0.25) is 0 Å². The molecule has 1 unspecified atom stereocenters. The summed E-state index contributed by atoms with van der Waals surface area (Å²) in [6, 6.07) is 12.8. The zero-order valence-electron chi connectivity index (χ0n) is 15.4. The van der Waals surface area contributed by atoms with Gasteiger partial charge in [-0.2, -0.15) is 0 Å². The number of hydrogen-bond acceptors (Lipinski definition) is 4. The van der Waals surface area contributed by atoms with Crippen LogP contribution < -0.4 is 0 Å². The van der Waals surface area contributed by atoms with Gasteiger partial charge in [-0.05, 0) is 32.4 Å². The Hall–Kier alpha value is -2.86. The molecule has 0 bridgehead atoms. The van der Waals surface area contributed by atoms with Gasteiger partial charge in [-0.25, -0.2) is 0 Å². The van der Waals surface area contributed by atoms with E-state index in [2.05, 4.69) is 5.16 Å². The van der Waals surface area contributed by atoms with Gasteiger partial charge in [0.05, 0.1) is 18.2 Å². The van der Waals surface area contributed by atoms with Gasteiger partial charge in [0.1, 0.15) is 5.76 Å². The van der Waals surface area contributed by atoms with Crippen molar-refractivity contribution >= 4 is 5.91 Å². The number of nitrogens with zero attached hydrogens (tertiary/aromatic N) is 3. The van der Waals surface area contributed by atoms with Crippen molar-refractivity contribution in [2.75, 3.05) is 13.7 Å². The van der Waals surface area contributed by atoms with Gasteiger partial charge in [0.15, 0.2) is 5.82 Å². The minimum atomic E-state index is -0.402. The lowest BCUT2D eigenvalue weighted by Crippen LogP contribution is -2.33. The lowest BCUT2D eigenvalue weighted by atomic mass is 10.1. The van der Waals surface area contributed by atoms with Crippen LogP contribution in [0, 0.1) is 20.8 Å². The monoisotopic (exact) mass is 353 g/mol. The first-order chi connectivity index (χ1) is 12.4. The lowest BCUT2D eigenvalue weighted by molar-refractivity contribution is 0.0658. The van der Waals surface area contributed by atoms with Crippen LogP contribution in [0.3, 0.4) is 0 Å². The zero-order chi connectivity index (χ0) is 18.8. The third-order valence-electron chi connectivity index (χ3n) is 4.65. The zero-order valence-corrected chi connectivity index (χ0v) is 15.4. The molecule has 6 heteroatoms. The number of likely N-dealkylation sites (N-methyl/N-ethyl adjacent to an activating group) is 1. The fourth-order valence-corrected chi connectivity index (χ4v) is 3.25. The van der Waals surface area contributed by atoms with E-state index in [0.29, 0.717) is 17.1 Å². The highest BCUT2D eigenvalue weighted by Gasteiger charge is 2.26. The predicted octanol–water partition coefficient (Wildman–Crippen LogP) is 3.20. The molecule has 3 rings (SSSR count). The van der Waals surface area contributed by atoms with Crippen LogP contribution in [0.15, 0.2) is 47.0 Å². The number of aryl methyl sites for hydroxylation is 2. The standard InChI is InChI=1S/C20H23N3O3/c1-13-10-17(15(3)23(13)19-11-14(2)26-21-19)20(25)22(4)18(12-24)16-8-6-5-7-9-16/h5-11,18,24H,12H2,1-4H3. The summed E-state index contributed by atoms with van der Waals surface area (Å²) >= 11 is 0. The van der Waals surface area contributed by atoms with Crippen molar-refractivity contribution in [1.29, 1.82) is 0 Å². The minimum Gasteiger partial charge on any atom is -0.394 e. The van der Waals surface area contributed by atoms with E-state index in [0.717, 1.165) is 17.0 Å². The summed E-state index contributed by atoms with van der Waals surface area (Å²) in [5.41, 5.74) is 3.16. The fourth-order valence-electron chi connectivity index (χ4n) is 3.25. The number of hydrogen-bond donors (Lipinski definition) is 1. The van der Waals surface area contributed by atoms with Gasteiger partial charge in [-0.1, -0.05) is 35.5 Å². The molecular formula is C20H23N3O3. The molecule has 3 aromatic rings. The van der Waals surface area contributed by atoms with E-state index in [-0.39, 0.29) is 12.5 Å². The Balaban J connectivity index is 1.95. The number of aliphatic hydroxyl groups excluding tert-OH is 1. The maximum absolute atomic E-state index is 13.1. The molecule has 136 valence electrons. The average molecular weight is 353 g/mol. The van der Waals surface area contributed by atoms with Crippen molar-refractivity contribution in [1.82, 2.24) is 14.6 Å². The first-order valence-corrected chi connectivity index (χ1v) is 8.49. The number of benzene rings is 1. The second kappa shape index (κ2) is 7.17. The molecule has 1 aromatic carbocycles. The Labute approximate surface area is 152 Å². The normalized spacial score (nSPS) is 12.2. The molecule has 1 N–H and O–H groups in total. The van der Waals surface area contributed by atoms with Gasteiger partial charge < -0.3 is 14.5 Å². The third-order valence-corrected chi connectivity index (χ3v) is 4.65. The lowest BCUT2D eigenvalue weighted by Gasteiger charge is -2.27. The minimum absolute atomic E-state index is 0.145. The van der Waals surface area contributed by atoms with Crippen LogP contribution >= 0.6 is 0 Å². The molecule has 26 heavy (non-hydrogen) atoms. The molecule has 0 aliphatic carbocycles. The van der Waals surface area contributed by atoms with Crippen LogP contribution in [0.4, 0.5) is 0 Å². The van der Waals surface area contributed by atoms with Crippen molar-refractivity contribution in [2.24, 2.45) is 0 Å². The third kappa shape index (κ3) is 3.15. The van der Waals surface area contributed by atoms with Gasteiger partial charge in [-0.15, -0.1) is 0 Å². The van der Waals surface area contributed by atoms with Crippen LogP contribution in [0.2, 0.25) is 0 Å². The molecule has 0 radical (unpaired) electrons. The number of amides is 1. The number of carbonyl (C=O) groups is 1. The van der Waals surface area contributed by atoms with E-state index < -0.39 is 6.04 Å². The maximum Gasteiger partial charge on any atom is 0.256 e. The Morgan fingerprint density at radius 2 is 1.92 bits per heavy atom. The number of aromatic nitrogens is 2. The summed E-state index contributed by atoms with van der Waals surface area (Å²) in [6.07, 6.45) is 0. The molecule has 0 aliphatic rings. The van der Waals surface area contributed by atoms with Gasteiger partial charge >= 0.3 is 0 Å². The van der Waals surface area contributed by atoms with Gasteiger partial charge in [0.25, 0.3) is 5.91 Å². The van der Waals surface area contributed by atoms with Gasteiger partial charge in [-0.3, -0.25) is 9.36 Å². The van der Waals surface area contributed by atoms with E-state index >= 15 is 0 Å². The molecule has 0 fully saturated rings. The molecule has 6 nitrogen and oxygen atoms in total. The first-order valence-electron chi connectivity index (χ1n) is 8.49. The van der Waals surface area contributed by atoms with Crippen LogP contribution in [0.5, 0.6) is 0 Å². The summed E-state index contributed by atoms with van der Waals surface area (Å²) in [5.74, 6) is 1.22. The molecule has 0 saturated carbocycles. The Bertz CT molecular complexity index is 912. The summed E-state index contributed by atoms with van der Waals surface area (Å²) in [4.78, 5) is 14.7. The van der Waals surface area contributed by atoms with E-state index in [4.69, 9.17) is 4.52 Å². The average Bonchev–Trinajstić information content (AvgIpc) is 3.18. The Morgan fingerprint density at radius 3 is 2.50 bits per heavy atom. The molecule has 1 atom stereocenters. The Morgan fingerprint density at radius 1 is 1.23 bits per heavy atom. The number of rotatable bonds is 5. The van der Waals surface area contributed by atoms with Crippen LogP contribution in [0.1, 0.15) is 39.1 Å². The molecular weight excluding hydrogens is 330 g/mol. The van der Waals surface area contributed by atoms with Crippen molar-refractivity contribution in [3.8, 4) is 5.82 Å². The fraction of sp³-hybridized carbons (Fsp3) is 0.300. The molecule has 1 amide bonds. The molecule has 0 saturated heterocycles. The van der Waals surface area contributed by atoms with Crippen molar-refractivity contribution in [2.45, 2.75) is 26.8 Å². The second-order valence-electron chi connectivity index (χ2n) is 6.44. The molecule has 0 spiro atoms. The topological polar surface area (TPSA) is 71.5 Å².